The van der Waals surface area contributed by atoms with E-state index in [1.54, 1.807) is 11.0 Å². The van der Waals surface area contributed by atoms with Crippen LogP contribution >= 0.6 is 0 Å². The van der Waals surface area contributed by atoms with Gasteiger partial charge in [0.25, 0.3) is 0 Å². The van der Waals surface area contributed by atoms with Crippen molar-refractivity contribution < 1.29 is 18.0 Å². The second-order valence-electron chi connectivity index (χ2n) is 5.15. The van der Waals surface area contributed by atoms with Crippen LogP contribution in [0.2, 0.25) is 0 Å². The van der Waals surface area contributed by atoms with Crippen LogP contribution in [0.25, 0.3) is 0 Å². The molecule has 0 aliphatic heterocycles. The molecule has 0 N–H and O–H groups in total. The highest BCUT2D eigenvalue weighted by Crippen LogP contribution is 2.32. The van der Waals surface area contributed by atoms with E-state index < -0.39 is 11.7 Å². The number of rotatable bonds is 3. The van der Waals surface area contributed by atoms with E-state index in [1.165, 1.54) is 6.07 Å². The maximum atomic E-state index is 12.7. The van der Waals surface area contributed by atoms with Crippen LogP contribution in [0.5, 0.6) is 0 Å². The molecule has 2 nitrogen and oxygen atoms in total. The molecule has 0 saturated heterocycles. The Balaban J connectivity index is 2.19. The van der Waals surface area contributed by atoms with E-state index in [1.807, 2.05) is 6.92 Å². The van der Waals surface area contributed by atoms with Crippen molar-refractivity contribution >= 4 is 6.41 Å². The number of halogens is 3. The standard InChI is InChI=1S/C15H18F3NO/c1-2-19(10-20)14-7-4-11-3-6-13(15(16,17)18)9-12(11)5-8-14/h3,6,9-10,14H,2,4-5,7-8H2,1H3. The van der Waals surface area contributed by atoms with Gasteiger partial charge in [-0.15, -0.1) is 0 Å². The van der Waals surface area contributed by atoms with E-state index in [0.29, 0.717) is 13.0 Å². The van der Waals surface area contributed by atoms with E-state index in [2.05, 4.69) is 0 Å². The third-order valence-electron chi connectivity index (χ3n) is 4.00. The number of nitrogens with zero attached hydrogens (tertiary/aromatic N) is 1. The van der Waals surface area contributed by atoms with Gasteiger partial charge in [0, 0.05) is 12.6 Å². The Hall–Kier alpha value is -1.52. The Morgan fingerprint density at radius 3 is 2.45 bits per heavy atom. The highest BCUT2D eigenvalue weighted by atomic mass is 19.4. The Labute approximate surface area is 116 Å². The van der Waals surface area contributed by atoms with E-state index in [9.17, 15) is 18.0 Å². The molecule has 0 aromatic heterocycles. The molecule has 1 aromatic carbocycles. The smallest absolute Gasteiger partial charge is 0.343 e. The number of hydrogen-bond donors (Lipinski definition) is 0. The fraction of sp³-hybridized carbons (Fsp3) is 0.533. The predicted molar refractivity (Wildman–Crippen MR) is 70.3 cm³/mol. The summed E-state index contributed by atoms with van der Waals surface area (Å²) in [6, 6.07) is 4.11. The first-order valence-corrected chi connectivity index (χ1v) is 6.85. The molecule has 2 rings (SSSR count). The van der Waals surface area contributed by atoms with Crippen LogP contribution in [0.4, 0.5) is 13.2 Å². The lowest BCUT2D eigenvalue weighted by atomic mass is 10.00. The van der Waals surface area contributed by atoms with Gasteiger partial charge in [0.1, 0.15) is 0 Å². The fourth-order valence-electron chi connectivity index (χ4n) is 2.82. The van der Waals surface area contributed by atoms with Gasteiger partial charge in [-0.05, 0) is 55.9 Å². The number of carbonyl (C=O) groups excluding carboxylic acids is 1. The molecule has 0 radical (unpaired) electrons. The van der Waals surface area contributed by atoms with Crippen molar-refractivity contribution in [2.45, 2.75) is 44.8 Å². The monoisotopic (exact) mass is 285 g/mol. The van der Waals surface area contributed by atoms with Gasteiger partial charge in [-0.1, -0.05) is 6.07 Å². The number of amides is 1. The van der Waals surface area contributed by atoms with Crippen LogP contribution < -0.4 is 0 Å². The number of carbonyl (C=O) groups is 1. The quantitative estimate of drug-likeness (QED) is 0.615. The second kappa shape index (κ2) is 5.85. The lowest BCUT2D eigenvalue weighted by molar-refractivity contribution is -0.137. The normalized spacial score (nSPS) is 19.1. The van der Waals surface area contributed by atoms with Gasteiger partial charge in [-0.3, -0.25) is 4.79 Å². The summed E-state index contributed by atoms with van der Waals surface area (Å²) in [5.74, 6) is 0. The molecule has 5 heteroatoms. The molecule has 110 valence electrons. The average molecular weight is 285 g/mol. The van der Waals surface area contributed by atoms with Crippen molar-refractivity contribution in [3.05, 3.63) is 34.9 Å². The zero-order valence-electron chi connectivity index (χ0n) is 11.4. The summed E-state index contributed by atoms with van der Waals surface area (Å²) in [5, 5.41) is 0. The zero-order valence-corrected chi connectivity index (χ0v) is 11.4. The summed E-state index contributed by atoms with van der Waals surface area (Å²) >= 11 is 0. The summed E-state index contributed by atoms with van der Waals surface area (Å²) in [6.07, 6.45) is -0.608. The third-order valence-corrected chi connectivity index (χ3v) is 4.00. The van der Waals surface area contributed by atoms with E-state index in [4.69, 9.17) is 0 Å². The highest BCUT2D eigenvalue weighted by molar-refractivity contribution is 5.48. The lowest BCUT2D eigenvalue weighted by Crippen LogP contribution is -2.34. The predicted octanol–water partition coefficient (Wildman–Crippen LogP) is 3.43. The number of hydrogen-bond acceptors (Lipinski definition) is 1. The number of alkyl halides is 3. The summed E-state index contributed by atoms with van der Waals surface area (Å²) in [7, 11) is 0. The molecular formula is C15H18F3NO. The van der Waals surface area contributed by atoms with Crippen molar-refractivity contribution in [3.8, 4) is 0 Å². The van der Waals surface area contributed by atoms with E-state index in [0.717, 1.165) is 42.9 Å². The van der Waals surface area contributed by atoms with Crippen molar-refractivity contribution in [2.24, 2.45) is 0 Å². The van der Waals surface area contributed by atoms with Crippen LogP contribution in [0, 0.1) is 0 Å². The Bertz CT molecular complexity index is 484. The maximum absolute atomic E-state index is 12.7. The molecule has 20 heavy (non-hydrogen) atoms. The SMILES string of the molecule is CCN(C=O)C1CCc2ccc(C(F)(F)F)cc2CC1. The van der Waals surface area contributed by atoms with Gasteiger partial charge in [-0.2, -0.15) is 13.2 Å². The van der Waals surface area contributed by atoms with Gasteiger partial charge in [0.2, 0.25) is 6.41 Å². The average Bonchev–Trinajstić information content (AvgIpc) is 2.62. The molecule has 0 bridgehead atoms. The summed E-state index contributed by atoms with van der Waals surface area (Å²) in [4.78, 5) is 12.7. The number of benzene rings is 1. The Morgan fingerprint density at radius 2 is 1.90 bits per heavy atom. The van der Waals surface area contributed by atoms with Crippen LogP contribution in [0.3, 0.4) is 0 Å². The van der Waals surface area contributed by atoms with Crippen molar-refractivity contribution in [3.63, 3.8) is 0 Å². The minimum Gasteiger partial charge on any atom is -0.343 e. The minimum absolute atomic E-state index is 0.124. The van der Waals surface area contributed by atoms with Crippen molar-refractivity contribution in [2.75, 3.05) is 6.54 Å². The van der Waals surface area contributed by atoms with E-state index >= 15 is 0 Å². The molecule has 1 amide bonds. The topological polar surface area (TPSA) is 20.3 Å². The number of aryl methyl sites for hydroxylation is 2. The van der Waals surface area contributed by atoms with Crippen molar-refractivity contribution in [1.29, 1.82) is 0 Å². The van der Waals surface area contributed by atoms with Gasteiger partial charge in [0.15, 0.2) is 0 Å². The first-order chi connectivity index (χ1) is 9.45. The zero-order chi connectivity index (χ0) is 14.8. The molecular weight excluding hydrogens is 267 g/mol. The molecule has 1 atom stereocenters. The summed E-state index contributed by atoms with van der Waals surface area (Å²) < 4.78 is 38.2. The molecule has 0 heterocycles. The third kappa shape index (κ3) is 3.14. The fourth-order valence-corrected chi connectivity index (χ4v) is 2.82. The van der Waals surface area contributed by atoms with Gasteiger partial charge in [0.05, 0.1) is 5.56 Å². The van der Waals surface area contributed by atoms with Crippen LogP contribution in [-0.4, -0.2) is 23.9 Å². The van der Waals surface area contributed by atoms with Gasteiger partial charge < -0.3 is 4.90 Å². The van der Waals surface area contributed by atoms with Crippen LogP contribution in [0.15, 0.2) is 18.2 Å². The largest absolute Gasteiger partial charge is 0.416 e. The summed E-state index contributed by atoms with van der Waals surface area (Å²) in [5.41, 5.74) is 1.16. The summed E-state index contributed by atoms with van der Waals surface area (Å²) in [6.45, 7) is 2.55. The molecule has 1 aliphatic carbocycles. The minimum atomic E-state index is -4.29. The maximum Gasteiger partial charge on any atom is 0.416 e. The first kappa shape index (κ1) is 14.9. The van der Waals surface area contributed by atoms with Gasteiger partial charge >= 0.3 is 6.18 Å². The molecule has 0 saturated carbocycles. The highest BCUT2D eigenvalue weighted by Gasteiger charge is 2.31. The molecule has 1 aromatic rings. The first-order valence-electron chi connectivity index (χ1n) is 6.85. The Kier molecular flexibility index (Phi) is 4.35. The molecule has 0 spiro atoms. The number of fused-ring (bicyclic) bond motifs is 1. The Morgan fingerprint density at radius 1 is 1.25 bits per heavy atom. The molecule has 1 aliphatic rings. The van der Waals surface area contributed by atoms with Gasteiger partial charge in [-0.25, -0.2) is 0 Å². The second-order valence-corrected chi connectivity index (χ2v) is 5.15. The van der Waals surface area contributed by atoms with Crippen molar-refractivity contribution in [1.82, 2.24) is 4.90 Å². The van der Waals surface area contributed by atoms with Crippen LogP contribution in [-0.2, 0) is 23.8 Å². The van der Waals surface area contributed by atoms with Crippen LogP contribution in [0.1, 0.15) is 36.5 Å². The molecule has 1 unspecified atom stereocenters. The lowest BCUT2D eigenvalue weighted by Gasteiger charge is -2.25. The molecule has 0 fully saturated rings. The van der Waals surface area contributed by atoms with E-state index in [-0.39, 0.29) is 6.04 Å².